The number of hydrogen-bond donors (Lipinski definition) is 2. The molecule has 1 rings (SSSR count). The molecular formula is C12H19N3O4. The van der Waals surface area contributed by atoms with Crippen molar-refractivity contribution in [3.8, 4) is 0 Å². The summed E-state index contributed by atoms with van der Waals surface area (Å²) in [4.78, 5) is 39.0. The standard InChI is InChI=1S/C12H19N3O4/c1-4-5-6-15-10(16)8(7-14(2)3)9(11(17)18)13-12(15)19/h4-7H2,1-3H3,(H,13,19)(H,17,18). The zero-order chi connectivity index (χ0) is 14.6. The highest BCUT2D eigenvalue weighted by Gasteiger charge is 2.19. The molecule has 19 heavy (non-hydrogen) atoms. The molecule has 1 heterocycles. The van der Waals surface area contributed by atoms with Gasteiger partial charge in [-0.25, -0.2) is 9.59 Å². The summed E-state index contributed by atoms with van der Waals surface area (Å²) in [5.41, 5.74) is -1.41. The van der Waals surface area contributed by atoms with Crippen LogP contribution >= 0.6 is 0 Å². The van der Waals surface area contributed by atoms with E-state index in [-0.39, 0.29) is 17.8 Å². The molecule has 0 unspecified atom stereocenters. The summed E-state index contributed by atoms with van der Waals surface area (Å²) in [6.45, 7) is 2.42. The second-order valence-corrected chi connectivity index (χ2v) is 4.64. The van der Waals surface area contributed by atoms with Crippen LogP contribution in [0.3, 0.4) is 0 Å². The quantitative estimate of drug-likeness (QED) is 0.763. The summed E-state index contributed by atoms with van der Waals surface area (Å²) in [6, 6.07) is 0. The molecule has 0 aliphatic heterocycles. The summed E-state index contributed by atoms with van der Waals surface area (Å²) in [5, 5.41) is 9.06. The molecule has 0 aliphatic rings. The van der Waals surface area contributed by atoms with Gasteiger partial charge in [0.15, 0.2) is 0 Å². The lowest BCUT2D eigenvalue weighted by molar-refractivity contribution is 0.0687. The Kier molecular flexibility index (Phi) is 5.05. The molecule has 2 N–H and O–H groups in total. The van der Waals surface area contributed by atoms with Crippen molar-refractivity contribution < 1.29 is 9.90 Å². The summed E-state index contributed by atoms with van der Waals surface area (Å²) >= 11 is 0. The van der Waals surface area contributed by atoms with Gasteiger partial charge in [-0.2, -0.15) is 0 Å². The number of aromatic amines is 1. The minimum atomic E-state index is -1.30. The molecule has 0 aromatic carbocycles. The van der Waals surface area contributed by atoms with E-state index in [0.29, 0.717) is 13.0 Å². The van der Waals surface area contributed by atoms with E-state index in [4.69, 9.17) is 5.11 Å². The third-order valence-corrected chi connectivity index (χ3v) is 2.71. The van der Waals surface area contributed by atoms with E-state index >= 15 is 0 Å². The maximum Gasteiger partial charge on any atom is 0.352 e. The van der Waals surface area contributed by atoms with Gasteiger partial charge in [-0.05, 0) is 20.5 Å². The molecule has 0 radical (unpaired) electrons. The first-order valence-corrected chi connectivity index (χ1v) is 6.12. The smallest absolute Gasteiger partial charge is 0.352 e. The molecular weight excluding hydrogens is 250 g/mol. The fourth-order valence-electron chi connectivity index (χ4n) is 1.78. The van der Waals surface area contributed by atoms with E-state index in [9.17, 15) is 14.4 Å². The van der Waals surface area contributed by atoms with Crippen molar-refractivity contribution in [2.75, 3.05) is 14.1 Å². The first-order valence-electron chi connectivity index (χ1n) is 6.12. The summed E-state index contributed by atoms with van der Waals surface area (Å²) in [7, 11) is 3.46. The van der Waals surface area contributed by atoms with Crippen LogP contribution in [0.5, 0.6) is 0 Å². The van der Waals surface area contributed by atoms with Crippen LogP contribution in [0.15, 0.2) is 9.59 Å². The number of nitrogens with zero attached hydrogens (tertiary/aromatic N) is 2. The highest BCUT2D eigenvalue weighted by Crippen LogP contribution is 2.02. The van der Waals surface area contributed by atoms with Crippen molar-refractivity contribution in [2.45, 2.75) is 32.9 Å². The number of unbranched alkanes of at least 4 members (excludes halogenated alkanes) is 1. The van der Waals surface area contributed by atoms with Crippen molar-refractivity contribution in [3.63, 3.8) is 0 Å². The molecule has 0 saturated heterocycles. The average molecular weight is 269 g/mol. The van der Waals surface area contributed by atoms with Crippen LogP contribution < -0.4 is 11.2 Å². The van der Waals surface area contributed by atoms with Crippen LogP contribution in [0, 0.1) is 0 Å². The van der Waals surface area contributed by atoms with Gasteiger partial charge in [0.1, 0.15) is 5.69 Å². The number of rotatable bonds is 6. The molecule has 0 spiro atoms. The monoisotopic (exact) mass is 269 g/mol. The minimum Gasteiger partial charge on any atom is -0.477 e. The van der Waals surface area contributed by atoms with Crippen LogP contribution in [-0.4, -0.2) is 39.6 Å². The van der Waals surface area contributed by atoms with Crippen LogP contribution in [0.2, 0.25) is 0 Å². The lowest BCUT2D eigenvalue weighted by Crippen LogP contribution is -2.40. The van der Waals surface area contributed by atoms with E-state index in [1.807, 2.05) is 6.92 Å². The Balaban J connectivity index is 3.43. The average Bonchev–Trinajstić information content (AvgIpc) is 2.31. The maximum atomic E-state index is 12.2. The number of carbonyl (C=O) groups is 1. The van der Waals surface area contributed by atoms with E-state index < -0.39 is 17.2 Å². The first kappa shape index (κ1) is 15.2. The van der Waals surface area contributed by atoms with Gasteiger partial charge < -0.3 is 15.0 Å². The fourth-order valence-corrected chi connectivity index (χ4v) is 1.78. The minimum absolute atomic E-state index is 0.105. The Hall–Kier alpha value is -1.89. The second kappa shape index (κ2) is 6.33. The number of hydrogen-bond acceptors (Lipinski definition) is 4. The molecule has 1 aromatic rings. The van der Waals surface area contributed by atoms with Crippen molar-refractivity contribution in [1.29, 1.82) is 0 Å². The molecule has 0 fully saturated rings. The predicted molar refractivity (Wildman–Crippen MR) is 70.6 cm³/mol. The van der Waals surface area contributed by atoms with E-state index in [0.717, 1.165) is 11.0 Å². The normalized spacial score (nSPS) is 10.9. The summed E-state index contributed by atoms with van der Waals surface area (Å²) < 4.78 is 1.06. The number of carboxylic acid groups (broad SMARTS) is 1. The van der Waals surface area contributed by atoms with E-state index in [2.05, 4.69) is 4.98 Å². The number of aromatic carboxylic acids is 1. The van der Waals surface area contributed by atoms with Gasteiger partial charge in [-0.1, -0.05) is 13.3 Å². The topological polar surface area (TPSA) is 95.4 Å². The highest BCUT2D eigenvalue weighted by atomic mass is 16.4. The van der Waals surface area contributed by atoms with Gasteiger partial charge in [0.25, 0.3) is 5.56 Å². The molecule has 1 aromatic heterocycles. The van der Waals surface area contributed by atoms with Crippen LogP contribution in [0.4, 0.5) is 0 Å². The van der Waals surface area contributed by atoms with Gasteiger partial charge in [0, 0.05) is 13.1 Å². The Morgan fingerprint density at radius 3 is 2.47 bits per heavy atom. The highest BCUT2D eigenvalue weighted by molar-refractivity contribution is 5.86. The lowest BCUT2D eigenvalue weighted by atomic mass is 10.2. The van der Waals surface area contributed by atoms with E-state index in [1.165, 1.54) is 0 Å². The Morgan fingerprint density at radius 1 is 1.37 bits per heavy atom. The van der Waals surface area contributed by atoms with Gasteiger partial charge in [0.05, 0.1) is 5.56 Å². The fraction of sp³-hybridized carbons (Fsp3) is 0.583. The SMILES string of the molecule is CCCCn1c(=O)[nH]c(C(=O)O)c(CN(C)C)c1=O. The van der Waals surface area contributed by atoms with Crippen molar-refractivity contribution in [2.24, 2.45) is 0 Å². The third-order valence-electron chi connectivity index (χ3n) is 2.71. The molecule has 106 valence electrons. The molecule has 0 aliphatic carbocycles. The van der Waals surface area contributed by atoms with Gasteiger partial charge in [-0.15, -0.1) is 0 Å². The number of H-pyrrole nitrogens is 1. The predicted octanol–water partition coefficient (Wildman–Crippen LogP) is 0.0965. The summed E-state index contributed by atoms with van der Waals surface area (Å²) in [6.07, 6.45) is 1.53. The molecule has 7 nitrogen and oxygen atoms in total. The van der Waals surface area contributed by atoms with Crippen molar-refractivity contribution >= 4 is 5.97 Å². The first-order chi connectivity index (χ1) is 8.88. The van der Waals surface area contributed by atoms with E-state index in [1.54, 1.807) is 19.0 Å². The van der Waals surface area contributed by atoms with Gasteiger partial charge in [-0.3, -0.25) is 9.36 Å². The Bertz CT molecular complexity index is 571. The molecule has 0 saturated carbocycles. The van der Waals surface area contributed by atoms with Gasteiger partial charge >= 0.3 is 11.7 Å². The number of nitrogens with one attached hydrogen (secondary N) is 1. The lowest BCUT2D eigenvalue weighted by Gasteiger charge is -2.13. The largest absolute Gasteiger partial charge is 0.477 e. The van der Waals surface area contributed by atoms with Crippen LogP contribution in [0.25, 0.3) is 0 Å². The van der Waals surface area contributed by atoms with Crippen molar-refractivity contribution in [3.05, 3.63) is 32.1 Å². The molecule has 7 heteroatoms. The zero-order valence-corrected chi connectivity index (χ0v) is 11.4. The number of aromatic nitrogens is 2. The molecule has 0 atom stereocenters. The maximum absolute atomic E-state index is 12.2. The zero-order valence-electron chi connectivity index (χ0n) is 11.4. The molecule has 0 bridgehead atoms. The van der Waals surface area contributed by atoms with Crippen LogP contribution in [-0.2, 0) is 13.1 Å². The van der Waals surface area contributed by atoms with Crippen LogP contribution in [0.1, 0.15) is 35.8 Å². The Morgan fingerprint density at radius 2 is 2.00 bits per heavy atom. The third kappa shape index (κ3) is 3.54. The van der Waals surface area contributed by atoms with Gasteiger partial charge in [0.2, 0.25) is 0 Å². The Labute approximate surface area is 110 Å². The van der Waals surface area contributed by atoms with Crippen molar-refractivity contribution in [1.82, 2.24) is 14.5 Å². The number of carboxylic acids is 1. The molecule has 0 amide bonds. The summed E-state index contributed by atoms with van der Waals surface area (Å²) in [5.74, 6) is -1.30. The second-order valence-electron chi connectivity index (χ2n) is 4.64.